The molecular formula is C20H22IN. The lowest BCUT2D eigenvalue weighted by Gasteiger charge is -2.08. The minimum atomic E-state index is 0. The van der Waals surface area contributed by atoms with E-state index in [2.05, 4.69) is 61.5 Å². The van der Waals surface area contributed by atoms with Crippen LogP contribution >= 0.6 is 24.0 Å². The number of aromatic nitrogens is 1. The van der Waals surface area contributed by atoms with Gasteiger partial charge in [-0.3, -0.25) is 4.98 Å². The van der Waals surface area contributed by atoms with Gasteiger partial charge < -0.3 is 0 Å². The molecule has 3 rings (SSSR count). The van der Waals surface area contributed by atoms with Gasteiger partial charge in [-0.1, -0.05) is 61.9 Å². The van der Waals surface area contributed by atoms with Gasteiger partial charge in [0.05, 0.1) is 5.52 Å². The molecule has 1 heterocycles. The van der Waals surface area contributed by atoms with E-state index in [0.717, 1.165) is 11.2 Å². The molecular weight excluding hydrogens is 381 g/mol. The Morgan fingerprint density at radius 1 is 0.909 bits per heavy atom. The quantitative estimate of drug-likeness (QED) is 0.475. The van der Waals surface area contributed by atoms with Crippen LogP contribution in [-0.2, 0) is 6.42 Å². The first kappa shape index (κ1) is 16.9. The van der Waals surface area contributed by atoms with Crippen LogP contribution < -0.4 is 0 Å². The Morgan fingerprint density at radius 3 is 2.41 bits per heavy atom. The third kappa shape index (κ3) is 3.67. The van der Waals surface area contributed by atoms with Crippen LogP contribution in [0.5, 0.6) is 0 Å². The first-order valence-electron chi connectivity index (χ1n) is 7.73. The summed E-state index contributed by atoms with van der Waals surface area (Å²) >= 11 is 0. The van der Waals surface area contributed by atoms with Gasteiger partial charge in [0.15, 0.2) is 0 Å². The van der Waals surface area contributed by atoms with E-state index in [9.17, 15) is 0 Å². The predicted molar refractivity (Wildman–Crippen MR) is 106 cm³/mol. The maximum Gasteiger partial charge on any atom is 0.0783 e. The zero-order valence-electron chi connectivity index (χ0n) is 13.2. The summed E-state index contributed by atoms with van der Waals surface area (Å²) in [6.45, 7) is 4.28. The highest BCUT2D eigenvalue weighted by molar-refractivity contribution is 14.0. The van der Waals surface area contributed by atoms with Gasteiger partial charge in [-0.05, 0) is 37.0 Å². The van der Waals surface area contributed by atoms with Gasteiger partial charge in [0, 0.05) is 16.6 Å². The van der Waals surface area contributed by atoms with Crippen LogP contribution in [0.1, 0.15) is 31.0 Å². The number of hydrogen-bond acceptors (Lipinski definition) is 1. The third-order valence-corrected chi connectivity index (χ3v) is 3.94. The van der Waals surface area contributed by atoms with Crippen molar-refractivity contribution in [3.8, 4) is 11.1 Å². The average molecular weight is 403 g/mol. The van der Waals surface area contributed by atoms with Crippen molar-refractivity contribution in [3.63, 3.8) is 0 Å². The van der Waals surface area contributed by atoms with Crippen molar-refractivity contribution in [1.29, 1.82) is 0 Å². The first-order valence-corrected chi connectivity index (χ1v) is 7.73. The molecule has 0 amide bonds. The van der Waals surface area contributed by atoms with Gasteiger partial charge in [0.2, 0.25) is 0 Å². The molecule has 0 saturated carbocycles. The average Bonchev–Trinajstić information content (AvgIpc) is 2.53. The van der Waals surface area contributed by atoms with E-state index in [-0.39, 0.29) is 24.0 Å². The molecule has 2 heteroatoms. The van der Waals surface area contributed by atoms with E-state index in [1.807, 2.05) is 6.92 Å². The summed E-state index contributed by atoms with van der Waals surface area (Å²) in [5, 5.41) is 1.20. The van der Waals surface area contributed by atoms with Crippen molar-refractivity contribution in [2.24, 2.45) is 0 Å². The summed E-state index contributed by atoms with van der Waals surface area (Å²) in [5.41, 5.74) is 6.05. The fourth-order valence-electron chi connectivity index (χ4n) is 2.71. The smallest absolute Gasteiger partial charge is 0.0783 e. The van der Waals surface area contributed by atoms with Crippen LogP contribution in [0, 0.1) is 6.92 Å². The van der Waals surface area contributed by atoms with Crippen LogP contribution in [0.2, 0.25) is 0 Å². The zero-order chi connectivity index (χ0) is 14.7. The van der Waals surface area contributed by atoms with Crippen LogP contribution in [0.3, 0.4) is 0 Å². The van der Waals surface area contributed by atoms with E-state index < -0.39 is 0 Å². The Morgan fingerprint density at radius 2 is 1.68 bits per heavy atom. The highest BCUT2D eigenvalue weighted by atomic mass is 127. The molecule has 0 radical (unpaired) electrons. The number of fused-ring (bicyclic) bond motifs is 1. The standard InChI is InChI=1S/C20H21N.HI/c1-3-4-6-16-10-13-17(14-11-16)19-8-5-7-18-12-9-15(2)21-20(18)19;/h5,7-14H,3-4,6H2,1-2H3;1H. The molecule has 0 aliphatic carbocycles. The Hall–Kier alpha value is -1.42. The normalized spacial score (nSPS) is 10.5. The summed E-state index contributed by atoms with van der Waals surface area (Å²) < 4.78 is 0. The molecule has 0 N–H and O–H groups in total. The maximum atomic E-state index is 4.72. The zero-order valence-corrected chi connectivity index (χ0v) is 15.5. The molecule has 1 aromatic heterocycles. The molecule has 3 aromatic rings. The molecule has 0 bridgehead atoms. The lowest BCUT2D eigenvalue weighted by Crippen LogP contribution is -1.89. The highest BCUT2D eigenvalue weighted by Crippen LogP contribution is 2.27. The topological polar surface area (TPSA) is 12.9 Å². The van der Waals surface area contributed by atoms with Crippen molar-refractivity contribution in [1.82, 2.24) is 4.98 Å². The monoisotopic (exact) mass is 403 g/mol. The summed E-state index contributed by atoms with van der Waals surface area (Å²) in [4.78, 5) is 4.72. The van der Waals surface area contributed by atoms with E-state index in [1.54, 1.807) is 0 Å². The number of pyridine rings is 1. The van der Waals surface area contributed by atoms with E-state index >= 15 is 0 Å². The van der Waals surface area contributed by atoms with Crippen molar-refractivity contribution in [2.75, 3.05) is 0 Å². The molecule has 0 aliphatic rings. The van der Waals surface area contributed by atoms with Crippen molar-refractivity contribution in [2.45, 2.75) is 33.1 Å². The van der Waals surface area contributed by atoms with Gasteiger partial charge in [0.1, 0.15) is 0 Å². The summed E-state index contributed by atoms with van der Waals surface area (Å²) in [5.74, 6) is 0. The lowest BCUT2D eigenvalue weighted by molar-refractivity contribution is 0.795. The number of nitrogens with zero attached hydrogens (tertiary/aromatic N) is 1. The molecule has 0 atom stereocenters. The van der Waals surface area contributed by atoms with Gasteiger partial charge in [0.25, 0.3) is 0 Å². The molecule has 0 spiro atoms. The molecule has 0 fully saturated rings. The molecule has 2 aromatic carbocycles. The van der Waals surface area contributed by atoms with Crippen LogP contribution in [0.15, 0.2) is 54.6 Å². The van der Waals surface area contributed by atoms with Gasteiger partial charge >= 0.3 is 0 Å². The fraction of sp³-hybridized carbons (Fsp3) is 0.250. The number of unbranched alkanes of at least 4 members (excludes halogenated alkanes) is 1. The second kappa shape index (κ2) is 7.73. The van der Waals surface area contributed by atoms with Crippen molar-refractivity contribution < 1.29 is 0 Å². The van der Waals surface area contributed by atoms with E-state index in [0.29, 0.717) is 0 Å². The van der Waals surface area contributed by atoms with Crippen LogP contribution in [0.4, 0.5) is 0 Å². The van der Waals surface area contributed by atoms with E-state index in [1.165, 1.54) is 41.3 Å². The van der Waals surface area contributed by atoms with E-state index in [4.69, 9.17) is 4.98 Å². The van der Waals surface area contributed by atoms with Crippen LogP contribution in [0.25, 0.3) is 22.0 Å². The van der Waals surface area contributed by atoms with Crippen molar-refractivity contribution in [3.05, 3.63) is 65.9 Å². The molecule has 0 unspecified atom stereocenters. The number of para-hydroxylation sites is 1. The second-order valence-electron chi connectivity index (χ2n) is 5.63. The third-order valence-electron chi connectivity index (χ3n) is 3.94. The summed E-state index contributed by atoms with van der Waals surface area (Å²) in [6.07, 6.45) is 3.67. The van der Waals surface area contributed by atoms with Crippen molar-refractivity contribution >= 4 is 34.9 Å². The number of rotatable bonds is 4. The highest BCUT2D eigenvalue weighted by Gasteiger charge is 2.05. The lowest BCUT2D eigenvalue weighted by atomic mass is 9.99. The minimum absolute atomic E-state index is 0. The summed E-state index contributed by atoms with van der Waals surface area (Å²) in [6, 6.07) is 19.6. The summed E-state index contributed by atoms with van der Waals surface area (Å²) in [7, 11) is 0. The Balaban J connectivity index is 0.00000176. The predicted octanol–water partition coefficient (Wildman–Crippen LogP) is 6.17. The largest absolute Gasteiger partial charge is 0.252 e. The maximum absolute atomic E-state index is 4.72. The Kier molecular flexibility index (Phi) is 5.95. The molecule has 1 nitrogen and oxygen atoms in total. The van der Waals surface area contributed by atoms with Crippen LogP contribution in [-0.4, -0.2) is 4.98 Å². The second-order valence-corrected chi connectivity index (χ2v) is 5.63. The molecule has 0 aliphatic heterocycles. The first-order chi connectivity index (χ1) is 10.3. The van der Waals surface area contributed by atoms with Gasteiger partial charge in [-0.15, -0.1) is 24.0 Å². The fourth-order valence-corrected chi connectivity index (χ4v) is 2.71. The Bertz CT molecular complexity index is 747. The van der Waals surface area contributed by atoms with Gasteiger partial charge in [-0.25, -0.2) is 0 Å². The number of benzene rings is 2. The Labute approximate surface area is 149 Å². The molecule has 22 heavy (non-hydrogen) atoms. The number of halogens is 1. The minimum Gasteiger partial charge on any atom is -0.252 e. The SMILES string of the molecule is CCCCc1ccc(-c2cccc3ccc(C)nc23)cc1.I. The number of hydrogen-bond donors (Lipinski definition) is 0. The van der Waals surface area contributed by atoms with Gasteiger partial charge in [-0.2, -0.15) is 0 Å². The molecule has 0 saturated heterocycles. The number of aryl methyl sites for hydroxylation is 2. The molecule has 114 valence electrons.